The second-order valence-electron chi connectivity index (χ2n) is 4.91. The molecule has 0 aliphatic rings. The van der Waals surface area contributed by atoms with Gasteiger partial charge >= 0.3 is 0 Å². The molecule has 18 heavy (non-hydrogen) atoms. The lowest BCUT2D eigenvalue weighted by Gasteiger charge is -2.18. The molecule has 0 radical (unpaired) electrons. The zero-order valence-electron chi connectivity index (χ0n) is 11.7. The summed E-state index contributed by atoms with van der Waals surface area (Å²) in [6.45, 7) is 9.76. The molecule has 0 heterocycles. The summed E-state index contributed by atoms with van der Waals surface area (Å²) in [7, 11) is 0. The van der Waals surface area contributed by atoms with E-state index in [0.717, 1.165) is 16.8 Å². The SMILES string of the molecule is Cc1cc(C)c(NC(=O)C(C)C(C)N)c(C)c1.Cl. The van der Waals surface area contributed by atoms with Crippen LogP contribution in [0.15, 0.2) is 12.1 Å². The number of rotatable bonds is 3. The monoisotopic (exact) mass is 270 g/mol. The van der Waals surface area contributed by atoms with Crippen LogP contribution in [0.25, 0.3) is 0 Å². The van der Waals surface area contributed by atoms with Crippen molar-refractivity contribution in [1.29, 1.82) is 0 Å². The minimum Gasteiger partial charge on any atom is -0.327 e. The Balaban J connectivity index is 0.00000289. The number of carbonyl (C=O) groups excluding carboxylic acids is 1. The Morgan fingerprint density at radius 3 is 2.00 bits per heavy atom. The van der Waals surface area contributed by atoms with E-state index in [4.69, 9.17) is 5.73 Å². The van der Waals surface area contributed by atoms with Gasteiger partial charge in [0, 0.05) is 11.7 Å². The van der Waals surface area contributed by atoms with E-state index in [9.17, 15) is 4.79 Å². The van der Waals surface area contributed by atoms with Crippen molar-refractivity contribution >= 4 is 24.0 Å². The van der Waals surface area contributed by atoms with Crippen LogP contribution in [0.3, 0.4) is 0 Å². The maximum atomic E-state index is 12.0. The lowest BCUT2D eigenvalue weighted by molar-refractivity contribution is -0.119. The van der Waals surface area contributed by atoms with Gasteiger partial charge in [0.2, 0.25) is 5.91 Å². The first kappa shape index (κ1) is 16.9. The predicted molar refractivity (Wildman–Crippen MR) is 79.3 cm³/mol. The number of hydrogen-bond acceptors (Lipinski definition) is 2. The fraction of sp³-hybridized carbons (Fsp3) is 0.500. The number of aryl methyl sites for hydroxylation is 3. The van der Waals surface area contributed by atoms with Crippen LogP contribution >= 0.6 is 12.4 Å². The van der Waals surface area contributed by atoms with Crippen molar-refractivity contribution in [3.8, 4) is 0 Å². The highest BCUT2D eigenvalue weighted by Gasteiger charge is 2.18. The van der Waals surface area contributed by atoms with Gasteiger partial charge in [0.15, 0.2) is 0 Å². The molecule has 1 aromatic carbocycles. The number of anilines is 1. The molecule has 4 heteroatoms. The van der Waals surface area contributed by atoms with Crippen LogP contribution in [0, 0.1) is 26.7 Å². The molecule has 2 atom stereocenters. The molecule has 0 aliphatic heterocycles. The third kappa shape index (κ3) is 4.00. The lowest BCUT2D eigenvalue weighted by Crippen LogP contribution is -2.34. The highest BCUT2D eigenvalue weighted by Crippen LogP contribution is 2.22. The van der Waals surface area contributed by atoms with E-state index in [1.807, 2.05) is 27.7 Å². The summed E-state index contributed by atoms with van der Waals surface area (Å²) in [5, 5.41) is 2.97. The fourth-order valence-corrected chi connectivity index (χ4v) is 1.85. The topological polar surface area (TPSA) is 55.1 Å². The zero-order valence-corrected chi connectivity index (χ0v) is 12.5. The van der Waals surface area contributed by atoms with E-state index in [-0.39, 0.29) is 30.3 Å². The number of amides is 1. The molecule has 3 nitrogen and oxygen atoms in total. The maximum Gasteiger partial charge on any atom is 0.228 e. The number of halogens is 1. The van der Waals surface area contributed by atoms with Crippen LogP contribution < -0.4 is 11.1 Å². The summed E-state index contributed by atoms with van der Waals surface area (Å²) in [4.78, 5) is 12.0. The van der Waals surface area contributed by atoms with Gasteiger partial charge in [-0.2, -0.15) is 0 Å². The molecule has 1 rings (SSSR count). The normalized spacial score (nSPS) is 13.4. The van der Waals surface area contributed by atoms with Crippen LogP contribution in [0.4, 0.5) is 5.69 Å². The van der Waals surface area contributed by atoms with Gasteiger partial charge in [0.25, 0.3) is 0 Å². The van der Waals surface area contributed by atoms with E-state index >= 15 is 0 Å². The number of hydrogen-bond donors (Lipinski definition) is 2. The van der Waals surface area contributed by atoms with Crippen molar-refractivity contribution in [3.63, 3.8) is 0 Å². The minimum absolute atomic E-state index is 0. The molecule has 102 valence electrons. The molecule has 3 N–H and O–H groups in total. The maximum absolute atomic E-state index is 12.0. The summed E-state index contributed by atoms with van der Waals surface area (Å²) in [6.07, 6.45) is 0. The Morgan fingerprint density at radius 1 is 1.17 bits per heavy atom. The summed E-state index contributed by atoms with van der Waals surface area (Å²) < 4.78 is 0. The molecule has 1 amide bonds. The van der Waals surface area contributed by atoms with E-state index in [1.54, 1.807) is 0 Å². The Morgan fingerprint density at radius 2 is 1.61 bits per heavy atom. The molecule has 0 fully saturated rings. The van der Waals surface area contributed by atoms with E-state index in [1.165, 1.54) is 5.56 Å². The highest BCUT2D eigenvalue weighted by molar-refractivity contribution is 5.94. The summed E-state index contributed by atoms with van der Waals surface area (Å²) in [5.74, 6) is -0.204. The van der Waals surface area contributed by atoms with Crippen molar-refractivity contribution in [2.24, 2.45) is 11.7 Å². The van der Waals surface area contributed by atoms with Crippen molar-refractivity contribution in [2.75, 3.05) is 5.32 Å². The second kappa shape index (κ2) is 6.76. The van der Waals surface area contributed by atoms with E-state index in [0.29, 0.717) is 0 Å². The van der Waals surface area contributed by atoms with Gasteiger partial charge in [-0.1, -0.05) is 24.6 Å². The van der Waals surface area contributed by atoms with Crippen LogP contribution in [-0.2, 0) is 4.79 Å². The van der Waals surface area contributed by atoms with Crippen molar-refractivity contribution < 1.29 is 4.79 Å². The van der Waals surface area contributed by atoms with Crippen molar-refractivity contribution in [1.82, 2.24) is 0 Å². The Hall–Kier alpha value is -1.06. The largest absolute Gasteiger partial charge is 0.327 e. The Bertz CT molecular complexity index is 407. The van der Waals surface area contributed by atoms with Gasteiger partial charge < -0.3 is 11.1 Å². The van der Waals surface area contributed by atoms with Gasteiger partial charge in [0.05, 0.1) is 5.92 Å². The molecule has 1 aromatic rings. The van der Waals surface area contributed by atoms with Crippen molar-refractivity contribution in [2.45, 2.75) is 40.7 Å². The standard InChI is InChI=1S/C14H22N2O.ClH/c1-8-6-9(2)13(10(3)7-8)16-14(17)11(4)12(5)15;/h6-7,11-12H,15H2,1-5H3,(H,16,17);1H. The van der Waals surface area contributed by atoms with Crippen LogP contribution in [0.2, 0.25) is 0 Å². The molecule has 0 saturated carbocycles. The van der Waals surface area contributed by atoms with Crippen LogP contribution in [0.5, 0.6) is 0 Å². The summed E-state index contributed by atoms with van der Waals surface area (Å²) in [6, 6.07) is 4.00. The number of nitrogens with two attached hydrogens (primary N) is 1. The third-order valence-electron chi connectivity index (χ3n) is 3.13. The molecule has 0 bridgehead atoms. The Kier molecular flexibility index (Phi) is 6.36. The van der Waals surface area contributed by atoms with E-state index < -0.39 is 0 Å². The molecular formula is C14H23ClN2O. The van der Waals surface area contributed by atoms with Gasteiger partial charge in [-0.3, -0.25) is 4.79 Å². The highest BCUT2D eigenvalue weighted by atomic mass is 35.5. The van der Waals surface area contributed by atoms with Gasteiger partial charge in [-0.25, -0.2) is 0 Å². The Labute approximate surface area is 116 Å². The molecule has 0 saturated heterocycles. The first-order valence-electron chi connectivity index (χ1n) is 5.97. The first-order valence-corrected chi connectivity index (χ1v) is 5.97. The van der Waals surface area contributed by atoms with Gasteiger partial charge in [-0.05, 0) is 38.8 Å². The first-order chi connectivity index (χ1) is 7.82. The molecule has 0 aromatic heterocycles. The average Bonchev–Trinajstić information content (AvgIpc) is 2.21. The number of benzene rings is 1. The average molecular weight is 271 g/mol. The quantitative estimate of drug-likeness (QED) is 0.887. The lowest BCUT2D eigenvalue weighted by atomic mass is 10.0. The minimum atomic E-state index is -0.185. The summed E-state index contributed by atoms with van der Waals surface area (Å²) >= 11 is 0. The predicted octanol–water partition coefficient (Wildman–Crippen LogP) is 2.96. The second-order valence-corrected chi connectivity index (χ2v) is 4.91. The fourth-order valence-electron chi connectivity index (χ4n) is 1.85. The molecule has 0 spiro atoms. The van der Waals surface area contributed by atoms with Crippen molar-refractivity contribution in [3.05, 3.63) is 28.8 Å². The van der Waals surface area contributed by atoms with E-state index in [2.05, 4.69) is 24.4 Å². The molecular weight excluding hydrogens is 248 g/mol. The van der Waals surface area contributed by atoms with Crippen LogP contribution in [-0.4, -0.2) is 11.9 Å². The smallest absolute Gasteiger partial charge is 0.228 e. The third-order valence-corrected chi connectivity index (χ3v) is 3.13. The van der Waals surface area contributed by atoms with Gasteiger partial charge in [-0.15, -0.1) is 12.4 Å². The zero-order chi connectivity index (χ0) is 13.2. The molecule has 2 unspecified atom stereocenters. The molecule has 0 aliphatic carbocycles. The van der Waals surface area contributed by atoms with Gasteiger partial charge in [0.1, 0.15) is 0 Å². The van der Waals surface area contributed by atoms with Crippen LogP contribution in [0.1, 0.15) is 30.5 Å². The number of carbonyl (C=O) groups is 1. The summed E-state index contributed by atoms with van der Waals surface area (Å²) in [5.41, 5.74) is 10.0. The number of nitrogens with one attached hydrogen (secondary N) is 1.